The van der Waals surface area contributed by atoms with Gasteiger partial charge >= 0.3 is 5.97 Å². The van der Waals surface area contributed by atoms with Gasteiger partial charge < -0.3 is 23.7 Å². The highest BCUT2D eigenvalue weighted by Crippen LogP contribution is 2.25. The molecule has 0 fully saturated rings. The van der Waals surface area contributed by atoms with Crippen LogP contribution in [0, 0.1) is 5.41 Å². The molecule has 0 radical (unpaired) electrons. The SMILES string of the molecule is COCCOC(=O)c1cc(C(=O)c2cc(OC)ccc2O)coc1=N. The van der Waals surface area contributed by atoms with Gasteiger partial charge in [-0.2, -0.15) is 0 Å². The summed E-state index contributed by atoms with van der Waals surface area (Å²) in [5.74, 6) is -1.26. The van der Waals surface area contributed by atoms with Crippen LogP contribution in [-0.2, 0) is 9.47 Å². The van der Waals surface area contributed by atoms with Crippen molar-refractivity contribution >= 4 is 11.8 Å². The summed E-state index contributed by atoms with van der Waals surface area (Å²) in [6.45, 7) is 0.205. The standard InChI is InChI=1S/C17H17NO7/c1-22-5-6-24-17(21)13-7-10(9-25-16(13)18)15(20)12-8-11(23-2)3-4-14(12)19/h3-4,7-9,18-19H,5-6H2,1-2H3. The van der Waals surface area contributed by atoms with E-state index in [1.165, 1.54) is 38.5 Å². The Hall–Kier alpha value is -3.13. The molecule has 2 rings (SSSR count). The fourth-order valence-electron chi connectivity index (χ4n) is 1.99. The number of nitrogens with one attached hydrogen (secondary N) is 1. The fourth-order valence-corrected chi connectivity index (χ4v) is 1.99. The minimum absolute atomic E-state index is 0.00359. The Balaban J connectivity index is 2.34. The highest BCUT2D eigenvalue weighted by atomic mass is 16.6. The van der Waals surface area contributed by atoms with Gasteiger partial charge in [0.15, 0.2) is 5.78 Å². The molecule has 0 saturated heterocycles. The number of hydrogen-bond donors (Lipinski definition) is 2. The molecular formula is C17H17NO7. The van der Waals surface area contributed by atoms with Crippen LogP contribution in [0.25, 0.3) is 0 Å². The van der Waals surface area contributed by atoms with E-state index in [0.717, 1.165) is 6.26 Å². The van der Waals surface area contributed by atoms with Crippen LogP contribution in [0.2, 0.25) is 0 Å². The summed E-state index contributed by atoms with van der Waals surface area (Å²) < 4.78 is 19.7. The molecule has 0 atom stereocenters. The second kappa shape index (κ2) is 8.11. The normalized spacial score (nSPS) is 10.3. The minimum Gasteiger partial charge on any atom is -0.507 e. The van der Waals surface area contributed by atoms with E-state index in [1.807, 2.05) is 0 Å². The van der Waals surface area contributed by atoms with Crippen molar-refractivity contribution in [1.82, 2.24) is 0 Å². The topological polar surface area (TPSA) is 119 Å². The van der Waals surface area contributed by atoms with Gasteiger partial charge in [0.2, 0.25) is 5.55 Å². The zero-order valence-corrected chi connectivity index (χ0v) is 13.7. The molecule has 1 aromatic heterocycles. The summed E-state index contributed by atoms with van der Waals surface area (Å²) in [6.07, 6.45) is 1.04. The fraction of sp³-hybridized carbons (Fsp3) is 0.235. The van der Waals surface area contributed by atoms with Crippen molar-refractivity contribution in [1.29, 1.82) is 5.41 Å². The molecule has 1 aromatic carbocycles. The lowest BCUT2D eigenvalue weighted by atomic mass is 10.0. The van der Waals surface area contributed by atoms with E-state index in [-0.39, 0.29) is 35.7 Å². The van der Waals surface area contributed by atoms with Crippen molar-refractivity contribution in [2.45, 2.75) is 0 Å². The number of carbonyl (C=O) groups is 2. The van der Waals surface area contributed by atoms with Gasteiger partial charge in [0.1, 0.15) is 29.9 Å². The molecule has 0 unspecified atom stereocenters. The molecule has 0 spiro atoms. The number of benzene rings is 1. The third-order valence-corrected chi connectivity index (χ3v) is 3.30. The van der Waals surface area contributed by atoms with E-state index in [9.17, 15) is 14.7 Å². The lowest BCUT2D eigenvalue weighted by Gasteiger charge is -2.08. The maximum absolute atomic E-state index is 12.6. The molecule has 0 aliphatic rings. The van der Waals surface area contributed by atoms with Crippen molar-refractivity contribution in [3.05, 3.63) is 52.8 Å². The number of rotatable bonds is 7. The van der Waals surface area contributed by atoms with Gasteiger partial charge in [-0.25, -0.2) is 4.79 Å². The first-order valence-corrected chi connectivity index (χ1v) is 7.23. The van der Waals surface area contributed by atoms with Crippen molar-refractivity contribution in [3.8, 4) is 11.5 Å². The van der Waals surface area contributed by atoms with E-state index in [0.29, 0.717) is 5.75 Å². The Bertz CT molecular complexity index is 841. The van der Waals surface area contributed by atoms with Crippen LogP contribution in [0.4, 0.5) is 0 Å². The van der Waals surface area contributed by atoms with E-state index < -0.39 is 17.3 Å². The van der Waals surface area contributed by atoms with Gasteiger partial charge in [0.25, 0.3) is 0 Å². The third-order valence-electron chi connectivity index (χ3n) is 3.30. The number of phenols is 1. The largest absolute Gasteiger partial charge is 0.507 e. The number of aromatic hydroxyl groups is 1. The van der Waals surface area contributed by atoms with E-state index >= 15 is 0 Å². The second-order valence-corrected chi connectivity index (χ2v) is 4.92. The zero-order valence-electron chi connectivity index (χ0n) is 13.7. The van der Waals surface area contributed by atoms with Crippen LogP contribution < -0.4 is 10.3 Å². The number of hydrogen-bond acceptors (Lipinski definition) is 8. The number of ether oxygens (including phenoxy) is 3. The minimum atomic E-state index is -0.810. The van der Waals surface area contributed by atoms with Gasteiger partial charge in [-0.1, -0.05) is 0 Å². The van der Waals surface area contributed by atoms with Gasteiger partial charge in [0, 0.05) is 7.11 Å². The smallest absolute Gasteiger partial charge is 0.343 e. The number of methoxy groups -OCH3 is 2. The lowest BCUT2D eigenvalue weighted by molar-refractivity contribution is 0.0382. The molecule has 2 N–H and O–H groups in total. The van der Waals surface area contributed by atoms with Crippen LogP contribution in [-0.4, -0.2) is 44.3 Å². The number of carbonyl (C=O) groups excluding carboxylic acids is 2. The van der Waals surface area contributed by atoms with Crippen molar-refractivity contribution in [2.75, 3.05) is 27.4 Å². The quantitative estimate of drug-likeness (QED) is 0.442. The molecular weight excluding hydrogens is 330 g/mol. The first kappa shape index (κ1) is 18.2. The Morgan fingerprint density at radius 2 is 1.92 bits per heavy atom. The molecule has 25 heavy (non-hydrogen) atoms. The van der Waals surface area contributed by atoms with Gasteiger partial charge in [-0.3, -0.25) is 10.2 Å². The average molecular weight is 347 g/mol. The predicted molar refractivity (Wildman–Crippen MR) is 84.8 cm³/mol. The van der Waals surface area contributed by atoms with Crippen molar-refractivity contribution < 1.29 is 33.3 Å². The predicted octanol–water partition coefficient (Wildman–Crippen LogP) is 1.51. The Morgan fingerprint density at radius 3 is 2.60 bits per heavy atom. The van der Waals surface area contributed by atoms with Gasteiger partial charge in [-0.05, 0) is 24.3 Å². The molecule has 8 heteroatoms. The van der Waals surface area contributed by atoms with Crippen LogP contribution in [0.3, 0.4) is 0 Å². The Labute approximate surface area is 143 Å². The Morgan fingerprint density at radius 1 is 1.16 bits per heavy atom. The first-order valence-electron chi connectivity index (χ1n) is 7.23. The van der Waals surface area contributed by atoms with E-state index in [1.54, 1.807) is 0 Å². The summed E-state index contributed by atoms with van der Waals surface area (Å²) in [7, 11) is 2.89. The highest BCUT2D eigenvalue weighted by molar-refractivity contribution is 6.11. The van der Waals surface area contributed by atoms with Crippen LogP contribution in [0.5, 0.6) is 11.5 Å². The Kier molecular flexibility index (Phi) is 5.91. The molecule has 0 amide bonds. The summed E-state index contributed by atoms with van der Waals surface area (Å²) in [6, 6.07) is 5.37. The van der Waals surface area contributed by atoms with Crippen LogP contribution in [0.1, 0.15) is 26.3 Å². The molecule has 2 aromatic rings. The zero-order chi connectivity index (χ0) is 18.4. The first-order chi connectivity index (χ1) is 12.0. The number of esters is 1. The summed E-state index contributed by atoms with van der Waals surface area (Å²) in [4.78, 5) is 24.6. The van der Waals surface area contributed by atoms with Gasteiger partial charge in [0.05, 0.1) is 24.8 Å². The molecule has 0 saturated carbocycles. The molecule has 0 bridgehead atoms. The van der Waals surface area contributed by atoms with Crippen molar-refractivity contribution in [3.63, 3.8) is 0 Å². The van der Waals surface area contributed by atoms with E-state index in [2.05, 4.69) is 0 Å². The second-order valence-electron chi connectivity index (χ2n) is 4.92. The summed E-state index contributed by atoms with van der Waals surface area (Å²) in [5, 5.41) is 17.5. The number of ketones is 1. The van der Waals surface area contributed by atoms with E-state index in [4.69, 9.17) is 24.0 Å². The molecule has 0 aliphatic carbocycles. The average Bonchev–Trinajstić information content (AvgIpc) is 2.62. The van der Waals surface area contributed by atoms with Crippen LogP contribution in [0.15, 0.2) is 34.9 Å². The molecule has 1 heterocycles. The third kappa shape index (κ3) is 4.24. The lowest BCUT2D eigenvalue weighted by Crippen LogP contribution is -2.19. The summed E-state index contributed by atoms with van der Waals surface area (Å²) >= 11 is 0. The van der Waals surface area contributed by atoms with Crippen LogP contribution >= 0.6 is 0 Å². The molecule has 132 valence electrons. The number of phenolic OH excluding ortho intramolecular Hbond substituents is 1. The molecule has 0 aliphatic heterocycles. The van der Waals surface area contributed by atoms with Crippen molar-refractivity contribution in [2.24, 2.45) is 0 Å². The maximum atomic E-state index is 12.6. The molecule has 8 nitrogen and oxygen atoms in total. The maximum Gasteiger partial charge on any atom is 0.343 e. The highest BCUT2D eigenvalue weighted by Gasteiger charge is 2.19. The monoisotopic (exact) mass is 347 g/mol. The van der Waals surface area contributed by atoms with Gasteiger partial charge in [-0.15, -0.1) is 0 Å². The summed E-state index contributed by atoms with van der Waals surface area (Å²) in [5.41, 5.74) is -0.678.